The average Bonchev–Trinajstić information content (AvgIpc) is 3.02. The van der Waals surface area contributed by atoms with Crippen LogP contribution in [-0.4, -0.2) is 14.4 Å². The van der Waals surface area contributed by atoms with Crippen LogP contribution in [0.15, 0.2) is 54.9 Å². The Morgan fingerprint density at radius 3 is 2.45 bits per heavy atom. The second kappa shape index (κ2) is 7.24. The molecule has 3 aromatic heterocycles. The van der Waals surface area contributed by atoms with Crippen LogP contribution in [0.3, 0.4) is 0 Å². The number of nitrogens with one attached hydrogen (secondary N) is 1. The van der Waals surface area contributed by atoms with Gasteiger partial charge >= 0.3 is 6.18 Å². The molecule has 148 valence electrons. The van der Waals surface area contributed by atoms with Crippen molar-refractivity contribution in [3.8, 4) is 11.3 Å². The van der Waals surface area contributed by atoms with E-state index in [0.717, 1.165) is 16.0 Å². The third-order valence-corrected chi connectivity index (χ3v) is 5.04. The van der Waals surface area contributed by atoms with E-state index < -0.39 is 11.9 Å². The van der Waals surface area contributed by atoms with Gasteiger partial charge in [-0.15, -0.1) is 0 Å². The van der Waals surface area contributed by atoms with Crippen molar-refractivity contribution >= 4 is 40.4 Å². The maximum atomic E-state index is 13.7. The fraction of sp³-hybridized carbons (Fsp3) is 0.100. The van der Waals surface area contributed by atoms with Gasteiger partial charge in [0.05, 0.1) is 15.7 Å². The summed E-state index contributed by atoms with van der Waals surface area (Å²) in [6, 6.07) is 10.6. The summed E-state index contributed by atoms with van der Waals surface area (Å²) >= 11 is 12.6. The monoisotopic (exact) mass is 436 g/mol. The summed E-state index contributed by atoms with van der Waals surface area (Å²) in [4.78, 5) is 8.35. The number of rotatable bonds is 3. The second-order valence-corrected chi connectivity index (χ2v) is 7.14. The van der Waals surface area contributed by atoms with Gasteiger partial charge in [-0.2, -0.15) is 13.2 Å². The van der Waals surface area contributed by atoms with Crippen molar-refractivity contribution in [3.05, 3.63) is 76.2 Å². The van der Waals surface area contributed by atoms with Gasteiger partial charge < -0.3 is 5.32 Å². The van der Waals surface area contributed by atoms with Gasteiger partial charge in [0.15, 0.2) is 0 Å². The highest BCUT2D eigenvalue weighted by Crippen LogP contribution is 2.40. The average molecular weight is 437 g/mol. The Hall–Kier alpha value is -2.77. The molecule has 0 atom stereocenters. The number of hydrogen-bond acceptors (Lipinski definition) is 3. The number of imidazole rings is 1. The Kier molecular flexibility index (Phi) is 4.88. The number of aryl methyl sites for hydroxylation is 1. The molecule has 1 aromatic carbocycles. The summed E-state index contributed by atoms with van der Waals surface area (Å²) in [6.07, 6.45) is -1.68. The Bertz CT molecular complexity index is 1200. The number of para-hydroxylation sites is 1. The molecule has 0 amide bonds. The van der Waals surface area contributed by atoms with Gasteiger partial charge in [0, 0.05) is 18.0 Å². The van der Waals surface area contributed by atoms with Crippen LogP contribution in [0.4, 0.5) is 24.7 Å². The molecule has 0 radical (unpaired) electrons. The van der Waals surface area contributed by atoms with E-state index in [9.17, 15) is 13.2 Å². The minimum absolute atomic E-state index is 0.109. The largest absolute Gasteiger partial charge is 0.431 e. The first-order valence-electron chi connectivity index (χ1n) is 8.48. The van der Waals surface area contributed by atoms with Gasteiger partial charge in [-0.1, -0.05) is 41.4 Å². The van der Waals surface area contributed by atoms with Crippen molar-refractivity contribution in [1.82, 2.24) is 14.4 Å². The van der Waals surface area contributed by atoms with Crippen LogP contribution in [-0.2, 0) is 6.18 Å². The Balaban J connectivity index is 2.06. The number of benzene rings is 1. The van der Waals surface area contributed by atoms with Crippen LogP contribution in [0, 0.1) is 6.92 Å². The number of nitrogens with zero attached hydrogens (tertiary/aromatic N) is 3. The number of hydrogen-bond donors (Lipinski definition) is 1. The molecule has 0 aliphatic heterocycles. The van der Waals surface area contributed by atoms with Gasteiger partial charge in [0.2, 0.25) is 0 Å². The molecule has 0 spiro atoms. The van der Waals surface area contributed by atoms with Crippen LogP contribution >= 0.6 is 23.2 Å². The maximum Gasteiger partial charge on any atom is 0.431 e. The number of anilines is 2. The Morgan fingerprint density at radius 1 is 1.00 bits per heavy atom. The van der Waals surface area contributed by atoms with E-state index >= 15 is 0 Å². The van der Waals surface area contributed by atoms with Crippen LogP contribution in [0.5, 0.6) is 0 Å². The molecule has 0 saturated carbocycles. The Morgan fingerprint density at radius 2 is 1.76 bits per heavy atom. The first-order valence-corrected chi connectivity index (χ1v) is 9.23. The normalized spacial score (nSPS) is 11.8. The first-order chi connectivity index (χ1) is 13.8. The molecule has 4 rings (SSSR count). The minimum atomic E-state index is -4.59. The molecule has 0 aliphatic rings. The molecule has 0 fully saturated rings. The van der Waals surface area contributed by atoms with Crippen molar-refractivity contribution in [2.75, 3.05) is 5.32 Å². The maximum absolute atomic E-state index is 13.7. The fourth-order valence-electron chi connectivity index (χ4n) is 3.09. The van der Waals surface area contributed by atoms with Gasteiger partial charge in [-0.25, -0.2) is 4.98 Å². The molecule has 4 nitrogen and oxygen atoms in total. The number of aromatic nitrogens is 3. The van der Waals surface area contributed by atoms with Gasteiger partial charge in [0.1, 0.15) is 22.9 Å². The molecule has 0 unspecified atom stereocenters. The summed E-state index contributed by atoms with van der Waals surface area (Å²) in [5, 5.41) is 3.70. The highest BCUT2D eigenvalue weighted by atomic mass is 35.5. The fourth-order valence-corrected chi connectivity index (χ4v) is 3.57. The molecule has 0 aliphatic carbocycles. The molecular weight excluding hydrogens is 424 g/mol. The highest BCUT2D eigenvalue weighted by Gasteiger charge is 2.35. The lowest BCUT2D eigenvalue weighted by atomic mass is 10.1. The topological polar surface area (TPSA) is 42.2 Å². The van der Waals surface area contributed by atoms with Crippen LogP contribution < -0.4 is 5.32 Å². The standard InChI is InChI=1S/C20H13Cl2F3N4/c1-11-4-2-5-13(21)17(11)28-19-18(12-8-9-26-10-14(12)22)27-16-7-3-6-15(29(16)19)20(23,24)25/h2-10,28H,1H3. The minimum Gasteiger partial charge on any atom is -0.338 e. The van der Waals surface area contributed by atoms with E-state index in [1.165, 1.54) is 24.5 Å². The molecule has 29 heavy (non-hydrogen) atoms. The van der Waals surface area contributed by atoms with E-state index in [2.05, 4.69) is 15.3 Å². The quantitative estimate of drug-likeness (QED) is 0.385. The number of pyridine rings is 2. The van der Waals surface area contributed by atoms with Crippen molar-refractivity contribution in [3.63, 3.8) is 0 Å². The SMILES string of the molecule is Cc1cccc(Cl)c1Nc1c(-c2ccncc2Cl)nc2cccc(C(F)(F)F)n12. The summed E-state index contributed by atoms with van der Waals surface area (Å²) in [7, 11) is 0. The zero-order valence-corrected chi connectivity index (χ0v) is 16.4. The smallest absolute Gasteiger partial charge is 0.338 e. The number of alkyl halides is 3. The van der Waals surface area contributed by atoms with E-state index in [0.29, 0.717) is 16.3 Å². The van der Waals surface area contributed by atoms with Crippen LogP contribution in [0.2, 0.25) is 10.0 Å². The summed E-state index contributed by atoms with van der Waals surface area (Å²) in [5.74, 6) is 0.109. The second-order valence-electron chi connectivity index (χ2n) is 6.32. The number of halogens is 5. The predicted molar refractivity (Wildman–Crippen MR) is 108 cm³/mol. The van der Waals surface area contributed by atoms with E-state index in [-0.39, 0.29) is 22.2 Å². The van der Waals surface area contributed by atoms with Crippen molar-refractivity contribution < 1.29 is 13.2 Å². The Labute approximate surface area is 173 Å². The van der Waals surface area contributed by atoms with Crippen molar-refractivity contribution in [2.24, 2.45) is 0 Å². The van der Waals surface area contributed by atoms with Gasteiger partial charge in [-0.3, -0.25) is 9.38 Å². The van der Waals surface area contributed by atoms with Gasteiger partial charge in [-0.05, 0) is 36.8 Å². The van der Waals surface area contributed by atoms with E-state index in [1.54, 1.807) is 31.2 Å². The van der Waals surface area contributed by atoms with Crippen LogP contribution in [0.1, 0.15) is 11.3 Å². The van der Waals surface area contributed by atoms with Gasteiger partial charge in [0.25, 0.3) is 0 Å². The molecule has 4 aromatic rings. The highest BCUT2D eigenvalue weighted by molar-refractivity contribution is 6.34. The third kappa shape index (κ3) is 3.52. The zero-order chi connectivity index (χ0) is 20.8. The molecular formula is C20H13Cl2F3N4. The molecule has 0 bridgehead atoms. The van der Waals surface area contributed by atoms with E-state index in [4.69, 9.17) is 23.2 Å². The zero-order valence-electron chi connectivity index (χ0n) is 14.9. The lowest BCUT2D eigenvalue weighted by Gasteiger charge is -2.16. The van der Waals surface area contributed by atoms with E-state index in [1.807, 2.05) is 0 Å². The summed E-state index contributed by atoms with van der Waals surface area (Å²) < 4.78 is 42.3. The predicted octanol–water partition coefficient (Wildman–Crippen LogP) is 6.77. The third-order valence-electron chi connectivity index (χ3n) is 4.43. The first kappa shape index (κ1) is 19.5. The van der Waals surface area contributed by atoms with Crippen molar-refractivity contribution in [2.45, 2.75) is 13.1 Å². The summed E-state index contributed by atoms with van der Waals surface area (Å²) in [6.45, 7) is 1.81. The molecule has 1 N–H and O–H groups in total. The molecule has 9 heteroatoms. The van der Waals surface area contributed by atoms with Crippen LogP contribution in [0.25, 0.3) is 16.9 Å². The lowest BCUT2D eigenvalue weighted by molar-refractivity contribution is -0.141. The lowest BCUT2D eigenvalue weighted by Crippen LogP contribution is -2.13. The molecule has 3 heterocycles. The molecule has 0 saturated heterocycles. The summed E-state index contributed by atoms with van der Waals surface area (Å²) in [5.41, 5.74) is 1.21. The number of fused-ring (bicyclic) bond motifs is 1. The van der Waals surface area contributed by atoms with Crippen molar-refractivity contribution in [1.29, 1.82) is 0 Å².